The molecule has 1 aromatic rings. The molecule has 0 bridgehead atoms. The zero-order valence-electron chi connectivity index (χ0n) is 11.8. The molecule has 2 unspecified atom stereocenters. The van der Waals surface area contributed by atoms with E-state index in [2.05, 4.69) is 21.2 Å². The van der Waals surface area contributed by atoms with E-state index in [-0.39, 0.29) is 11.9 Å². The average molecular weight is 352 g/mol. The van der Waals surface area contributed by atoms with Crippen molar-refractivity contribution in [2.75, 3.05) is 0 Å². The summed E-state index contributed by atoms with van der Waals surface area (Å²) >= 11 is 3.37. The SMILES string of the molecule is C[C@@H](NC(=O)C1CC=CCC1C(=O)O)c1ccc(Br)cc1. The summed E-state index contributed by atoms with van der Waals surface area (Å²) in [5.74, 6) is -2.23. The van der Waals surface area contributed by atoms with Gasteiger partial charge in [-0.25, -0.2) is 0 Å². The third-order valence-corrected chi connectivity index (χ3v) is 4.34. The Hall–Kier alpha value is -1.62. The Labute approximate surface area is 132 Å². The van der Waals surface area contributed by atoms with Gasteiger partial charge in [-0.2, -0.15) is 0 Å². The summed E-state index contributed by atoms with van der Waals surface area (Å²) in [6.45, 7) is 1.90. The summed E-state index contributed by atoms with van der Waals surface area (Å²) in [7, 11) is 0. The lowest BCUT2D eigenvalue weighted by Crippen LogP contribution is -2.39. The van der Waals surface area contributed by atoms with Gasteiger partial charge in [0.05, 0.1) is 17.9 Å². The van der Waals surface area contributed by atoms with Crippen molar-refractivity contribution < 1.29 is 14.7 Å². The number of amides is 1. The van der Waals surface area contributed by atoms with E-state index in [1.54, 1.807) is 0 Å². The first kappa shape index (κ1) is 15.8. The molecule has 1 amide bonds. The molecule has 2 N–H and O–H groups in total. The van der Waals surface area contributed by atoms with E-state index < -0.39 is 17.8 Å². The molecule has 4 nitrogen and oxygen atoms in total. The molecule has 0 spiro atoms. The Bertz CT molecular complexity index is 553. The number of rotatable bonds is 4. The maximum Gasteiger partial charge on any atom is 0.307 e. The molecule has 0 heterocycles. The molecule has 2 rings (SSSR count). The normalized spacial score (nSPS) is 22.6. The molecular formula is C16H18BrNO3. The molecule has 1 aliphatic rings. The molecule has 0 aromatic heterocycles. The van der Waals surface area contributed by atoms with E-state index >= 15 is 0 Å². The van der Waals surface area contributed by atoms with Crippen LogP contribution in [0.5, 0.6) is 0 Å². The zero-order valence-corrected chi connectivity index (χ0v) is 13.3. The average Bonchev–Trinajstić information content (AvgIpc) is 2.47. The number of benzene rings is 1. The molecule has 0 saturated carbocycles. The summed E-state index contributed by atoms with van der Waals surface area (Å²) in [5, 5.41) is 12.1. The number of carbonyl (C=O) groups is 2. The van der Waals surface area contributed by atoms with Crippen LogP contribution in [0.15, 0.2) is 40.9 Å². The highest BCUT2D eigenvalue weighted by atomic mass is 79.9. The quantitative estimate of drug-likeness (QED) is 0.818. The third-order valence-electron chi connectivity index (χ3n) is 3.82. The number of allylic oxidation sites excluding steroid dienone is 2. The van der Waals surface area contributed by atoms with Gasteiger partial charge in [0.15, 0.2) is 0 Å². The van der Waals surface area contributed by atoms with Crippen LogP contribution in [0.3, 0.4) is 0 Å². The summed E-state index contributed by atoms with van der Waals surface area (Å²) in [6.07, 6.45) is 4.62. The van der Waals surface area contributed by atoms with Crippen LogP contribution in [0, 0.1) is 11.8 Å². The highest BCUT2D eigenvalue weighted by Gasteiger charge is 2.34. The second kappa shape index (κ2) is 6.89. The van der Waals surface area contributed by atoms with Gasteiger partial charge in [-0.1, -0.05) is 40.2 Å². The topological polar surface area (TPSA) is 66.4 Å². The summed E-state index contributed by atoms with van der Waals surface area (Å²) in [5.41, 5.74) is 0.991. The highest BCUT2D eigenvalue weighted by molar-refractivity contribution is 9.10. The number of hydrogen-bond donors (Lipinski definition) is 2. The van der Waals surface area contributed by atoms with Gasteiger partial charge in [0.2, 0.25) is 5.91 Å². The van der Waals surface area contributed by atoms with Gasteiger partial charge in [0, 0.05) is 4.47 Å². The second-order valence-electron chi connectivity index (χ2n) is 5.28. The lowest BCUT2D eigenvalue weighted by atomic mass is 9.82. The largest absolute Gasteiger partial charge is 0.481 e. The Balaban J connectivity index is 2.04. The third kappa shape index (κ3) is 3.94. The van der Waals surface area contributed by atoms with Gasteiger partial charge in [-0.3, -0.25) is 9.59 Å². The minimum absolute atomic E-state index is 0.147. The van der Waals surface area contributed by atoms with E-state index in [9.17, 15) is 14.7 Å². The fourth-order valence-corrected chi connectivity index (χ4v) is 2.80. The molecular weight excluding hydrogens is 334 g/mol. The molecule has 5 heteroatoms. The molecule has 0 fully saturated rings. The van der Waals surface area contributed by atoms with Crippen molar-refractivity contribution in [1.82, 2.24) is 5.32 Å². The van der Waals surface area contributed by atoms with Crippen LogP contribution < -0.4 is 5.32 Å². The number of nitrogens with one attached hydrogen (secondary N) is 1. The zero-order chi connectivity index (χ0) is 15.4. The fourth-order valence-electron chi connectivity index (χ4n) is 2.53. The number of carboxylic acid groups (broad SMARTS) is 1. The van der Waals surface area contributed by atoms with Crippen LogP contribution in [0.1, 0.15) is 31.4 Å². The van der Waals surface area contributed by atoms with Crippen molar-refractivity contribution in [3.63, 3.8) is 0 Å². The molecule has 0 radical (unpaired) electrons. The Kier molecular flexibility index (Phi) is 5.17. The molecule has 1 aromatic carbocycles. The van der Waals surface area contributed by atoms with Crippen LogP contribution in [0.2, 0.25) is 0 Å². The van der Waals surface area contributed by atoms with E-state index in [4.69, 9.17) is 0 Å². The monoisotopic (exact) mass is 351 g/mol. The van der Waals surface area contributed by atoms with Gasteiger partial charge in [0.25, 0.3) is 0 Å². The molecule has 112 valence electrons. The standard InChI is InChI=1S/C16H18BrNO3/c1-10(11-6-8-12(17)9-7-11)18-15(19)13-4-2-3-5-14(13)16(20)21/h2-3,6-10,13-14H,4-5H2,1H3,(H,18,19)(H,20,21)/t10-,13?,14?/m1/s1. The number of carboxylic acids is 1. The first-order valence-corrected chi connectivity index (χ1v) is 7.72. The van der Waals surface area contributed by atoms with Crippen molar-refractivity contribution >= 4 is 27.8 Å². The fraction of sp³-hybridized carbons (Fsp3) is 0.375. The minimum Gasteiger partial charge on any atom is -0.481 e. The predicted octanol–water partition coefficient (Wildman–Crippen LogP) is 3.29. The van der Waals surface area contributed by atoms with Crippen molar-refractivity contribution in [3.05, 3.63) is 46.5 Å². The maximum atomic E-state index is 12.3. The van der Waals surface area contributed by atoms with Crippen molar-refractivity contribution in [1.29, 1.82) is 0 Å². The van der Waals surface area contributed by atoms with E-state index in [1.165, 1.54) is 0 Å². The Morgan fingerprint density at radius 2 is 1.76 bits per heavy atom. The van der Waals surface area contributed by atoms with E-state index in [0.717, 1.165) is 10.0 Å². The van der Waals surface area contributed by atoms with Gasteiger partial charge < -0.3 is 10.4 Å². The lowest BCUT2D eigenvalue weighted by molar-refractivity contribution is -0.147. The smallest absolute Gasteiger partial charge is 0.307 e. The molecule has 1 aliphatic carbocycles. The van der Waals surface area contributed by atoms with Crippen molar-refractivity contribution in [3.8, 4) is 0 Å². The van der Waals surface area contributed by atoms with Gasteiger partial charge >= 0.3 is 5.97 Å². The van der Waals surface area contributed by atoms with E-state index in [0.29, 0.717) is 12.8 Å². The summed E-state index contributed by atoms with van der Waals surface area (Å²) < 4.78 is 0.980. The van der Waals surface area contributed by atoms with Gasteiger partial charge in [-0.15, -0.1) is 0 Å². The number of halogens is 1. The lowest BCUT2D eigenvalue weighted by Gasteiger charge is -2.26. The van der Waals surface area contributed by atoms with Crippen LogP contribution in [0.25, 0.3) is 0 Å². The first-order valence-electron chi connectivity index (χ1n) is 6.92. The predicted molar refractivity (Wildman–Crippen MR) is 83.7 cm³/mol. The molecule has 3 atom stereocenters. The Morgan fingerprint density at radius 1 is 1.19 bits per heavy atom. The second-order valence-corrected chi connectivity index (χ2v) is 6.19. The maximum absolute atomic E-state index is 12.3. The van der Waals surface area contributed by atoms with Crippen LogP contribution in [0.4, 0.5) is 0 Å². The Morgan fingerprint density at radius 3 is 2.33 bits per heavy atom. The van der Waals surface area contributed by atoms with Gasteiger partial charge in [-0.05, 0) is 37.5 Å². The highest BCUT2D eigenvalue weighted by Crippen LogP contribution is 2.27. The van der Waals surface area contributed by atoms with Crippen LogP contribution in [-0.2, 0) is 9.59 Å². The van der Waals surface area contributed by atoms with Crippen LogP contribution >= 0.6 is 15.9 Å². The molecule has 0 aliphatic heterocycles. The first-order chi connectivity index (χ1) is 9.99. The van der Waals surface area contributed by atoms with Crippen LogP contribution in [-0.4, -0.2) is 17.0 Å². The summed E-state index contributed by atoms with van der Waals surface area (Å²) in [6, 6.07) is 7.56. The number of hydrogen-bond acceptors (Lipinski definition) is 2. The van der Waals surface area contributed by atoms with Crippen molar-refractivity contribution in [2.24, 2.45) is 11.8 Å². The molecule has 21 heavy (non-hydrogen) atoms. The van der Waals surface area contributed by atoms with E-state index in [1.807, 2.05) is 43.3 Å². The number of carbonyl (C=O) groups excluding carboxylic acids is 1. The van der Waals surface area contributed by atoms with Gasteiger partial charge in [0.1, 0.15) is 0 Å². The summed E-state index contributed by atoms with van der Waals surface area (Å²) in [4.78, 5) is 23.6. The van der Waals surface area contributed by atoms with Crippen molar-refractivity contribution in [2.45, 2.75) is 25.8 Å². The molecule has 0 saturated heterocycles. The minimum atomic E-state index is -0.907. The number of aliphatic carboxylic acids is 1.